The zero-order chi connectivity index (χ0) is 17.0. The quantitative estimate of drug-likeness (QED) is 0.603. The van der Waals surface area contributed by atoms with Crippen LogP contribution in [0.1, 0.15) is 29.9 Å². The van der Waals surface area contributed by atoms with Crippen molar-refractivity contribution in [3.8, 4) is 0 Å². The highest BCUT2D eigenvalue weighted by atomic mass is 79.9. The van der Waals surface area contributed by atoms with Crippen LogP contribution in [-0.2, 0) is 6.42 Å². The molecule has 1 aromatic heterocycles. The predicted octanol–water partition coefficient (Wildman–Crippen LogP) is 5.67. The molecular formula is C21H18BrFN2. The largest absolute Gasteiger partial charge is 0.367 e. The van der Waals surface area contributed by atoms with Crippen LogP contribution in [0.5, 0.6) is 0 Å². The molecule has 3 aromatic rings. The summed E-state index contributed by atoms with van der Waals surface area (Å²) in [5.41, 5.74) is 3.05. The zero-order valence-corrected chi connectivity index (χ0v) is 15.3. The number of hydrogen-bond acceptors (Lipinski definition) is 2. The van der Waals surface area contributed by atoms with E-state index in [0.717, 1.165) is 33.9 Å². The highest BCUT2D eigenvalue weighted by Gasteiger charge is 2.44. The van der Waals surface area contributed by atoms with Gasteiger partial charge in [-0.2, -0.15) is 0 Å². The van der Waals surface area contributed by atoms with Gasteiger partial charge in [0.05, 0.1) is 0 Å². The fourth-order valence-corrected chi connectivity index (χ4v) is 4.98. The number of rotatable bonds is 2. The molecule has 25 heavy (non-hydrogen) atoms. The van der Waals surface area contributed by atoms with Gasteiger partial charge in [0.15, 0.2) is 0 Å². The number of fused-ring (bicyclic) bond motifs is 4. The Morgan fingerprint density at radius 3 is 2.92 bits per heavy atom. The minimum atomic E-state index is -0.224. The molecule has 0 spiro atoms. The number of nitrogens with zero attached hydrogens (tertiary/aromatic N) is 1. The summed E-state index contributed by atoms with van der Waals surface area (Å²) in [5.74, 6) is 1.97. The van der Waals surface area contributed by atoms with Gasteiger partial charge < -0.3 is 5.32 Å². The summed E-state index contributed by atoms with van der Waals surface area (Å²) in [7, 11) is 0. The Morgan fingerprint density at radius 1 is 1.12 bits per heavy atom. The van der Waals surface area contributed by atoms with E-state index in [4.69, 9.17) is 0 Å². The molecule has 2 aliphatic rings. The first-order valence-corrected chi connectivity index (χ1v) is 9.58. The summed E-state index contributed by atoms with van der Waals surface area (Å²) >= 11 is 3.48. The number of halogens is 2. The van der Waals surface area contributed by atoms with Crippen molar-refractivity contribution in [3.63, 3.8) is 0 Å². The standard InChI is InChI=1S/C21H18BrFN2/c22-19-11-24-21(16-8-6-13(23)9-18(16)19)25-20-10-17-14-4-2-1-3-12(14)5-7-15(17)20/h1-4,6,8-9,11,15,17,20H,5,7,10H2,(H,24,25). The van der Waals surface area contributed by atoms with E-state index in [1.54, 1.807) is 12.3 Å². The van der Waals surface area contributed by atoms with Gasteiger partial charge in [-0.15, -0.1) is 0 Å². The summed E-state index contributed by atoms with van der Waals surface area (Å²) in [6.07, 6.45) is 5.29. The van der Waals surface area contributed by atoms with Crippen LogP contribution in [0.4, 0.5) is 10.2 Å². The molecule has 0 bridgehead atoms. The maximum absolute atomic E-state index is 13.6. The SMILES string of the molecule is Fc1ccc2c(NC3CC4c5ccccc5CCC34)ncc(Br)c2c1. The minimum absolute atomic E-state index is 0.224. The second-order valence-electron chi connectivity index (χ2n) is 7.14. The third-order valence-corrected chi connectivity index (χ3v) is 6.50. The first kappa shape index (κ1) is 15.3. The molecule has 2 nitrogen and oxygen atoms in total. The molecule has 3 atom stereocenters. The zero-order valence-electron chi connectivity index (χ0n) is 13.7. The number of aryl methyl sites for hydroxylation is 1. The number of anilines is 1. The topological polar surface area (TPSA) is 24.9 Å². The van der Waals surface area contributed by atoms with Crippen molar-refractivity contribution in [1.82, 2.24) is 4.98 Å². The van der Waals surface area contributed by atoms with Gasteiger partial charge in [-0.1, -0.05) is 24.3 Å². The molecule has 126 valence electrons. The lowest BCUT2D eigenvalue weighted by Crippen LogP contribution is -2.47. The molecule has 0 saturated heterocycles. The molecule has 3 unspecified atom stereocenters. The average molecular weight is 397 g/mol. The van der Waals surface area contributed by atoms with Gasteiger partial charge in [-0.3, -0.25) is 0 Å². The number of aromatic nitrogens is 1. The van der Waals surface area contributed by atoms with Crippen LogP contribution < -0.4 is 5.32 Å². The Hall–Kier alpha value is -1.94. The van der Waals surface area contributed by atoms with E-state index in [1.807, 2.05) is 6.07 Å². The normalized spacial score (nSPS) is 24.3. The summed E-state index contributed by atoms with van der Waals surface area (Å²) < 4.78 is 14.4. The van der Waals surface area contributed by atoms with Crippen molar-refractivity contribution in [1.29, 1.82) is 0 Å². The third kappa shape index (κ3) is 2.46. The molecule has 5 rings (SSSR count). The van der Waals surface area contributed by atoms with Gasteiger partial charge >= 0.3 is 0 Å². The van der Waals surface area contributed by atoms with Crippen LogP contribution in [0.2, 0.25) is 0 Å². The van der Waals surface area contributed by atoms with Crippen LogP contribution in [0.3, 0.4) is 0 Å². The molecule has 1 N–H and O–H groups in total. The molecule has 2 aliphatic carbocycles. The number of nitrogens with one attached hydrogen (secondary N) is 1. The van der Waals surface area contributed by atoms with Crippen molar-refractivity contribution < 1.29 is 4.39 Å². The Kier molecular flexibility index (Phi) is 3.56. The Balaban J connectivity index is 1.43. The molecule has 0 aliphatic heterocycles. The van der Waals surface area contributed by atoms with Crippen molar-refractivity contribution in [2.45, 2.75) is 31.2 Å². The fourth-order valence-electron chi connectivity index (χ4n) is 4.55. The summed E-state index contributed by atoms with van der Waals surface area (Å²) in [5, 5.41) is 5.47. The van der Waals surface area contributed by atoms with E-state index in [2.05, 4.69) is 50.5 Å². The van der Waals surface area contributed by atoms with Gasteiger partial charge in [0.2, 0.25) is 0 Å². The van der Waals surface area contributed by atoms with E-state index >= 15 is 0 Å². The number of pyridine rings is 1. The van der Waals surface area contributed by atoms with Gasteiger partial charge in [0.25, 0.3) is 0 Å². The fraction of sp³-hybridized carbons (Fsp3) is 0.286. The maximum atomic E-state index is 13.6. The van der Waals surface area contributed by atoms with E-state index in [-0.39, 0.29) is 5.82 Å². The molecule has 1 heterocycles. The lowest BCUT2D eigenvalue weighted by atomic mass is 9.60. The highest BCUT2D eigenvalue weighted by Crippen LogP contribution is 2.50. The summed E-state index contributed by atoms with van der Waals surface area (Å²) in [6.45, 7) is 0. The molecule has 0 amide bonds. The smallest absolute Gasteiger partial charge is 0.134 e. The molecular weight excluding hydrogens is 379 g/mol. The van der Waals surface area contributed by atoms with Crippen LogP contribution in [0.15, 0.2) is 53.1 Å². The lowest BCUT2D eigenvalue weighted by Gasteiger charge is -2.49. The van der Waals surface area contributed by atoms with E-state index in [9.17, 15) is 4.39 Å². The molecule has 1 fully saturated rings. The summed E-state index contributed by atoms with van der Waals surface area (Å²) in [6, 6.07) is 14.2. The Bertz CT molecular complexity index is 971. The van der Waals surface area contributed by atoms with Crippen molar-refractivity contribution in [2.75, 3.05) is 5.32 Å². The monoisotopic (exact) mass is 396 g/mol. The number of hydrogen-bond donors (Lipinski definition) is 1. The van der Waals surface area contributed by atoms with E-state index in [0.29, 0.717) is 17.9 Å². The predicted molar refractivity (Wildman–Crippen MR) is 102 cm³/mol. The van der Waals surface area contributed by atoms with Gasteiger partial charge in [0.1, 0.15) is 11.6 Å². The molecule has 0 radical (unpaired) electrons. The van der Waals surface area contributed by atoms with Crippen molar-refractivity contribution in [3.05, 3.63) is 70.1 Å². The van der Waals surface area contributed by atoms with Crippen LogP contribution >= 0.6 is 15.9 Å². The second-order valence-corrected chi connectivity index (χ2v) is 7.99. The lowest BCUT2D eigenvalue weighted by molar-refractivity contribution is 0.194. The van der Waals surface area contributed by atoms with Crippen LogP contribution in [-0.4, -0.2) is 11.0 Å². The van der Waals surface area contributed by atoms with E-state index < -0.39 is 0 Å². The molecule has 1 saturated carbocycles. The summed E-state index contributed by atoms with van der Waals surface area (Å²) in [4.78, 5) is 4.56. The van der Waals surface area contributed by atoms with Gasteiger partial charge in [0, 0.05) is 27.5 Å². The minimum Gasteiger partial charge on any atom is -0.367 e. The van der Waals surface area contributed by atoms with Crippen molar-refractivity contribution in [2.24, 2.45) is 5.92 Å². The first-order chi connectivity index (χ1) is 12.2. The molecule has 4 heteroatoms. The van der Waals surface area contributed by atoms with E-state index in [1.165, 1.54) is 23.6 Å². The van der Waals surface area contributed by atoms with Gasteiger partial charge in [-0.25, -0.2) is 9.37 Å². The third-order valence-electron chi connectivity index (χ3n) is 5.87. The Morgan fingerprint density at radius 2 is 2.00 bits per heavy atom. The Labute approximate surface area is 154 Å². The average Bonchev–Trinajstić information content (AvgIpc) is 2.61. The number of benzene rings is 2. The molecule has 2 aromatic carbocycles. The van der Waals surface area contributed by atoms with Crippen molar-refractivity contribution >= 4 is 32.5 Å². The first-order valence-electron chi connectivity index (χ1n) is 8.79. The highest BCUT2D eigenvalue weighted by molar-refractivity contribution is 9.10. The van der Waals surface area contributed by atoms with Crippen LogP contribution in [0, 0.1) is 11.7 Å². The van der Waals surface area contributed by atoms with Gasteiger partial charge in [-0.05, 0) is 76.4 Å². The maximum Gasteiger partial charge on any atom is 0.134 e. The second kappa shape index (κ2) is 5.80. The van der Waals surface area contributed by atoms with Crippen LogP contribution in [0.25, 0.3) is 10.8 Å².